The first kappa shape index (κ1) is 8.54. The van der Waals surface area contributed by atoms with E-state index in [0.29, 0.717) is 12.4 Å². The van der Waals surface area contributed by atoms with Crippen molar-refractivity contribution >= 4 is 23.2 Å². The lowest BCUT2D eigenvalue weighted by Crippen LogP contribution is -2.28. The molecule has 3 heteroatoms. The summed E-state index contributed by atoms with van der Waals surface area (Å²) in [5.41, 5.74) is 5.30. The van der Waals surface area contributed by atoms with Crippen LogP contribution in [0, 0.1) is 0 Å². The van der Waals surface area contributed by atoms with E-state index in [4.69, 9.17) is 28.9 Å². The summed E-state index contributed by atoms with van der Waals surface area (Å²) >= 11 is 11.2. The highest BCUT2D eigenvalue weighted by molar-refractivity contribution is 6.25. The van der Waals surface area contributed by atoms with Crippen molar-refractivity contribution in [2.75, 3.05) is 12.4 Å². The van der Waals surface area contributed by atoms with Crippen molar-refractivity contribution in [1.29, 1.82) is 0 Å². The number of nitrogens with two attached hydrogens (primary N) is 1. The van der Waals surface area contributed by atoms with Crippen LogP contribution >= 0.6 is 23.2 Å². The smallest absolute Gasteiger partial charge is 0.0551 e. The highest BCUT2D eigenvalue weighted by Crippen LogP contribution is 2.16. The van der Waals surface area contributed by atoms with Gasteiger partial charge in [-0.1, -0.05) is 0 Å². The van der Waals surface area contributed by atoms with Crippen molar-refractivity contribution in [2.24, 2.45) is 5.73 Å². The first-order chi connectivity index (χ1) is 3.62. The summed E-state index contributed by atoms with van der Waals surface area (Å²) in [7, 11) is 0. The van der Waals surface area contributed by atoms with Gasteiger partial charge in [0.2, 0.25) is 0 Å². The molecule has 0 aliphatic heterocycles. The Morgan fingerprint density at radius 1 is 1.62 bits per heavy atom. The number of hydrogen-bond donors (Lipinski definition) is 1. The topological polar surface area (TPSA) is 26.0 Å². The van der Waals surface area contributed by atoms with E-state index in [-0.39, 0.29) is 4.87 Å². The molecule has 0 heterocycles. The van der Waals surface area contributed by atoms with Gasteiger partial charge in [-0.25, -0.2) is 0 Å². The normalized spacial score (nSPS) is 18.0. The van der Waals surface area contributed by atoms with Crippen molar-refractivity contribution in [3.63, 3.8) is 0 Å². The second kappa shape index (κ2) is 3.54. The Morgan fingerprint density at radius 3 is 2.25 bits per heavy atom. The summed E-state index contributed by atoms with van der Waals surface area (Å²) in [5.74, 6) is 0.581. The third-order valence-corrected chi connectivity index (χ3v) is 1.57. The van der Waals surface area contributed by atoms with Crippen LogP contribution < -0.4 is 5.73 Å². The molecular weight excluding hydrogens is 145 g/mol. The second-order valence-electron chi connectivity index (χ2n) is 2.06. The van der Waals surface area contributed by atoms with Gasteiger partial charge < -0.3 is 5.73 Å². The Kier molecular flexibility index (Phi) is 3.78. The predicted octanol–water partition coefficient (Wildman–Crippen LogP) is 1.57. The van der Waals surface area contributed by atoms with Crippen LogP contribution in [0.25, 0.3) is 0 Å². The monoisotopic (exact) mass is 155 g/mol. The first-order valence-electron chi connectivity index (χ1n) is 2.57. The molecule has 0 saturated heterocycles. The zero-order valence-electron chi connectivity index (χ0n) is 4.95. The van der Waals surface area contributed by atoms with Gasteiger partial charge in [-0.2, -0.15) is 0 Å². The zero-order valence-corrected chi connectivity index (χ0v) is 6.47. The molecule has 1 atom stereocenters. The lowest BCUT2D eigenvalue weighted by atomic mass is 10.1. The molecule has 0 bridgehead atoms. The van der Waals surface area contributed by atoms with Gasteiger partial charge in [0.15, 0.2) is 0 Å². The lowest BCUT2D eigenvalue weighted by Gasteiger charge is -2.16. The minimum atomic E-state index is -0.290. The molecule has 0 aliphatic carbocycles. The highest BCUT2D eigenvalue weighted by atomic mass is 35.5. The van der Waals surface area contributed by atoms with Gasteiger partial charge in [0.25, 0.3) is 0 Å². The van der Waals surface area contributed by atoms with Crippen molar-refractivity contribution in [1.82, 2.24) is 0 Å². The summed E-state index contributed by atoms with van der Waals surface area (Å²) in [6, 6.07) is 0. The highest BCUT2D eigenvalue weighted by Gasteiger charge is 2.16. The molecule has 2 N–H and O–H groups in total. The van der Waals surface area contributed by atoms with E-state index in [0.717, 1.165) is 6.42 Å². The number of rotatable bonds is 3. The fourth-order valence-corrected chi connectivity index (χ4v) is 0.907. The summed E-state index contributed by atoms with van der Waals surface area (Å²) in [4.78, 5) is -0.290. The molecule has 0 spiro atoms. The van der Waals surface area contributed by atoms with Gasteiger partial charge in [0, 0.05) is 12.4 Å². The summed E-state index contributed by atoms with van der Waals surface area (Å²) in [5, 5.41) is 0. The van der Waals surface area contributed by atoms with Crippen LogP contribution in [-0.4, -0.2) is 17.3 Å². The van der Waals surface area contributed by atoms with Gasteiger partial charge in [-0.15, -0.1) is 23.2 Å². The maximum absolute atomic E-state index is 5.81. The van der Waals surface area contributed by atoms with Gasteiger partial charge in [-0.3, -0.25) is 0 Å². The molecule has 0 amide bonds. The van der Waals surface area contributed by atoms with Crippen LogP contribution in [0.5, 0.6) is 0 Å². The Labute approximate surface area is 60.1 Å². The standard InChI is InChI=1S/C5H11Cl2N/c1-5(7,4-8)2-3-6/h2-4,8H2,1H3. The van der Waals surface area contributed by atoms with Crippen LogP contribution in [-0.2, 0) is 0 Å². The predicted molar refractivity (Wildman–Crippen MR) is 38.6 cm³/mol. The molecule has 1 unspecified atom stereocenters. The van der Waals surface area contributed by atoms with E-state index in [9.17, 15) is 0 Å². The lowest BCUT2D eigenvalue weighted by molar-refractivity contribution is 0.622. The Bertz CT molecular complexity index is 63.4. The van der Waals surface area contributed by atoms with E-state index >= 15 is 0 Å². The fourth-order valence-electron chi connectivity index (χ4n) is 0.299. The SMILES string of the molecule is CC(Cl)(CN)CCCl. The first-order valence-corrected chi connectivity index (χ1v) is 3.48. The van der Waals surface area contributed by atoms with Gasteiger partial charge in [0.05, 0.1) is 4.87 Å². The summed E-state index contributed by atoms with van der Waals surface area (Å²) < 4.78 is 0. The minimum Gasteiger partial charge on any atom is -0.329 e. The molecule has 1 nitrogen and oxygen atoms in total. The molecule has 50 valence electrons. The van der Waals surface area contributed by atoms with E-state index in [1.807, 2.05) is 6.92 Å². The van der Waals surface area contributed by atoms with Gasteiger partial charge in [-0.05, 0) is 13.3 Å². The molecule has 0 aromatic rings. The van der Waals surface area contributed by atoms with Crippen LogP contribution in [0.2, 0.25) is 0 Å². The van der Waals surface area contributed by atoms with E-state index in [2.05, 4.69) is 0 Å². The second-order valence-corrected chi connectivity index (χ2v) is 3.35. The number of hydrogen-bond acceptors (Lipinski definition) is 1. The zero-order chi connectivity index (χ0) is 6.62. The van der Waals surface area contributed by atoms with Crippen molar-refractivity contribution < 1.29 is 0 Å². The fraction of sp³-hybridized carbons (Fsp3) is 1.00. The Hall–Kier alpha value is 0.540. The molecule has 0 rings (SSSR count). The quantitative estimate of drug-likeness (QED) is 0.616. The van der Waals surface area contributed by atoms with E-state index in [1.54, 1.807) is 0 Å². The summed E-state index contributed by atoms with van der Waals surface area (Å²) in [6.07, 6.45) is 0.770. The van der Waals surface area contributed by atoms with Crippen LogP contribution in [0.1, 0.15) is 13.3 Å². The molecule has 0 radical (unpaired) electrons. The average Bonchev–Trinajstić information content (AvgIpc) is 1.67. The molecule has 0 saturated carbocycles. The summed E-state index contributed by atoms with van der Waals surface area (Å²) in [6.45, 7) is 2.37. The molecule has 0 fully saturated rings. The largest absolute Gasteiger partial charge is 0.329 e. The third-order valence-electron chi connectivity index (χ3n) is 1.04. The molecule has 0 aromatic carbocycles. The molecule has 0 aliphatic rings. The molecular formula is C5H11Cl2N. The average molecular weight is 156 g/mol. The van der Waals surface area contributed by atoms with Crippen molar-refractivity contribution in [2.45, 2.75) is 18.2 Å². The maximum Gasteiger partial charge on any atom is 0.0551 e. The maximum atomic E-state index is 5.81. The van der Waals surface area contributed by atoms with Gasteiger partial charge in [0.1, 0.15) is 0 Å². The molecule has 0 aromatic heterocycles. The number of halogens is 2. The Morgan fingerprint density at radius 2 is 2.12 bits per heavy atom. The minimum absolute atomic E-state index is 0.290. The van der Waals surface area contributed by atoms with Crippen molar-refractivity contribution in [3.05, 3.63) is 0 Å². The molecule has 8 heavy (non-hydrogen) atoms. The van der Waals surface area contributed by atoms with E-state index in [1.165, 1.54) is 0 Å². The van der Waals surface area contributed by atoms with Gasteiger partial charge >= 0.3 is 0 Å². The van der Waals surface area contributed by atoms with Crippen molar-refractivity contribution in [3.8, 4) is 0 Å². The number of alkyl halides is 2. The Balaban J connectivity index is 3.37. The van der Waals surface area contributed by atoms with E-state index < -0.39 is 0 Å². The van der Waals surface area contributed by atoms with Crippen LogP contribution in [0.15, 0.2) is 0 Å². The van der Waals surface area contributed by atoms with Crippen LogP contribution in [0.4, 0.5) is 0 Å². The third kappa shape index (κ3) is 3.53. The van der Waals surface area contributed by atoms with Crippen LogP contribution in [0.3, 0.4) is 0 Å².